The molecule has 0 aliphatic carbocycles. The van der Waals surface area contributed by atoms with Crippen molar-refractivity contribution in [3.05, 3.63) is 68.7 Å². The normalized spacial score (nSPS) is 15.3. The Morgan fingerprint density at radius 2 is 1.79 bits per heavy atom. The van der Waals surface area contributed by atoms with Gasteiger partial charge in [-0.2, -0.15) is 0 Å². The van der Waals surface area contributed by atoms with E-state index in [1.54, 1.807) is 6.07 Å². The molecule has 0 spiro atoms. The first-order chi connectivity index (χ1) is 9.15. The average molecular weight is 358 g/mol. The minimum Gasteiger partial charge on any atom is -0.372 e. The molecule has 0 fully saturated rings. The second-order valence-corrected chi connectivity index (χ2v) is 6.31. The second kappa shape index (κ2) is 5.45. The maximum atomic E-state index is 6.24. The lowest BCUT2D eigenvalue weighted by atomic mass is 10.0. The summed E-state index contributed by atoms with van der Waals surface area (Å²) in [6.07, 6.45) is 0. The van der Waals surface area contributed by atoms with Crippen LogP contribution in [0.5, 0.6) is 0 Å². The van der Waals surface area contributed by atoms with E-state index in [-0.39, 0.29) is 4.83 Å². The third-order valence-electron chi connectivity index (χ3n) is 3.27. The van der Waals surface area contributed by atoms with Gasteiger partial charge in [0.05, 0.1) is 18.0 Å². The first-order valence-electron chi connectivity index (χ1n) is 5.93. The monoisotopic (exact) mass is 356 g/mol. The number of benzene rings is 2. The highest BCUT2D eigenvalue weighted by Crippen LogP contribution is 2.37. The van der Waals surface area contributed by atoms with Gasteiger partial charge in [-0.1, -0.05) is 57.3 Å². The summed E-state index contributed by atoms with van der Waals surface area (Å²) in [5, 5.41) is 1.40. The summed E-state index contributed by atoms with van der Waals surface area (Å²) in [4.78, 5) is 0.0320. The molecule has 0 amide bonds. The highest BCUT2D eigenvalue weighted by molar-refractivity contribution is 9.09. The van der Waals surface area contributed by atoms with Crippen LogP contribution in [0.1, 0.15) is 27.1 Å². The molecule has 0 saturated carbocycles. The molecule has 1 nitrogen and oxygen atoms in total. The molecule has 1 aliphatic heterocycles. The van der Waals surface area contributed by atoms with E-state index >= 15 is 0 Å². The maximum Gasteiger partial charge on any atom is 0.0725 e. The third kappa shape index (κ3) is 2.68. The van der Waals surface area contributed by atoms with E-state index in [1.807, 2.05) is 12.1 Å². The number of hydrogen-bond donors (Lipinski definition) is 0. The van der Waals surface area contributed by atoms with Crippen LogP contribution in [0.2, 0.25) is 10.0 Å². The molecule has 1 heterocycles. The predicted octanol–water partition coefficient (Wildman–Crippen LogP) is 5.51. The minimum atomic E-state index is 0.0320. The maximum absolute atomic E-state index is 6.24. The zero-order valence-corrected chi connectivity index (χ0v) is 13.1. The molecule has 2 aromatic rings. The Labute approximate surface area is 130 Å². The largest absolute Gasteiger partial charge is 0.372 e. The van der Waals surface area contributed by atoms with Gasteiger partial charge in [-0.05, 0) is 40.5 Å². The molecular formula is C15H11BrCl2O. The van der Waals surface area contributed by atoms with Crippen molar-refractivity contribution in [1.29, 1.82) is 0 Å². The molecule has 0 aromatic heterocycles. The van der Waals surface area contributed by atoms with Crippen molar-refractivity contribution in [1.82, 2.24) is 0 Å². The summed E-state index contributed by atoms with van der Waals surface area (Å²) in [6.45, 7) is 1.40. The van der Waals surface area contributed by atoms with Crippen LogP contribution >= 0.6 is 39.1 Å². The lowest BCUT2D eigenvalue weighted by molar-refractivity contribution is 0.134. The zero-order chi connectivity index (χ0) is 13.4. The van der Waals surface area contributed by atoms with Crippen LogP contribution in [0.3, 0.4) is 0 Å². The predicted molar refractivity (Wildman–Crippen MR) is 82.2 cm³/mol. The Morgan fingerprint density at radius 1 is 1.00 bits per heavy atom. The quantitative estimate of drug-likeness (QED) is 0.644. The molecular weight excluding hydrogens is 347 g/mol. The standard InChI is InChI=1S/C15H11BrCl2O/c16-15(13-6-12(17)3-4-14(13)18)9-1-2-10-7-19-8-11(10)5-9/h1-6,15H,7-8H2. The first-order valence-corrected chi connectivity index (χ1v) is 7.61. The van der Waals surface area contributed by atoms with Gasteiger partial charge >= 0.3 is 0 Å². The van der Waals surface area contributed by atoms with Gasteiger partial charge in [0, 0.05) is 10.0 Å². The Kier molecular flexibility index (Phi) is 3.86. The van der Waals surface area contributed by atoms with Crippen LogP contribution in [0.15, 0.2) is 36.4 Å². The summed E-state index contributed by atoms with van der Waals surface area (Å²) in [7, 11) is 0. The molecule has 0 bridgehead atoms. The molecule has 0 radical (unpaired) electrons. The van der Waals surface area contributed by atoms with Crippen molar-refractivity contribution in [2.24, 2.45) is 0 Å². The third-order valence-corrected chi connectivity index (χ3v) is 4.87. The van der Waals surface area contributed by atoms with Crippen molar-refractivity contribution in [2.45, 2.75) is 18.0 Å². The molecule has 2 aromatic carbocycles. The van der Waals surface area contributed by atoms with E-state index in [2.05, 4.69) is 34.1 Å². The summed E-state index contributed by atoms with van der Waals surface area (Å²) >= 11 is 16.0. The van der Waals surface area contributed by atoms with Crippen molar-refractivity contribution in [3.63, 3.8) is 0 Å². The second-order valence-electron chi connectivity index (χ2n) is 4.55. The van der Waals surface area contributed by atoms with E-state index in [0.29, 0.717) is 23.3 Å². The van der Waals surface area contributed by atoms with Gasteiger partial charge < -0.3 is 4.74 Å². The zero-order valence-electron chi connectivity index (χ0n) is 10.00. The van der Waals surface area contributed by atoms with Gasteiger partial charge in [0.15, 0.2) is 0 Å². The van der Waals surface area contributed by atoms with Crippen molar-refractivity contribution < 1.29 is 4.74 Å². The lowest BCUT2D eigenvalue weighted by Crippen LogP contribution is -1.96. The van der Waals surface area contributed by atoms with E-state index in [0.717, 1.165) is 11.1 Å². The molecule has 98 valence electrons. The molecule has 3 rings (SSSR count). The Morgan fingerprint density at radius 3 is 2.63 bits per heavy atom. The number of rotatable bonds is 2. The van der Waals surface area contributed by atoms with Gasteiger partial charge in [-0.3, -0.25) is 0 Å². The molecule has 1 atom stereocenters. The van der Waals surface area contributed by atoms with Gasteiger partial charge in [-0.15, -0.1) is 0 Å². The summed E-state index contributed by atoms with van der Waals surface area (Å²) in [5.41, 5.74) is 4.65. The fourth-order valence-electron chi connectivity index (χ4n) is 2.24. The van der Waals surface area contributed by atoms with E-state index < -0.39 is 0 Å². The number of alkyl halides is 1. The Hall–Kier alpha value is -0.540. The van der Waals surface area contributed by atoms with Crippen LogP contribution in [-0.4, -0.2) is 0 Å². The van der Waals surface area contributed by atoms with Crippen molar-refractivity contribution >= 4 is 39.1 Å². The lowest BCUT2D eigenvalue weighted by Gasteiger charge is -2.14. The van der Waals surface area contributed by atoms with Crippen LogP contribution in [0.4, 0.5) is 0 Å². The molecule has 1 unspecified atom stereocenters. The van der Waals surface area contributed by atoms with Crippen molar-refractivity contribution in [3.8, 4) is 0 Å². The molecule has 4 heteroatoms. The van der Waals surface area contributed by atoms with Crippen molar-refractivity contribution in [2.75, 3.05) is 0 Å². The van der Waals surface area contributed by atoms with Gasteiger partial charge in [0.25, 0.3) is 0 Å². The highest BCUT2D eigenvalue weighted by atomic mass is 79.9. The average Bonchev–Trinajstić information content (AvgIpc) is 2.88. The first kappa shape index (κ1) is 13.4. The van der Waals surface area contributed by atoms with Gasteiger partial charge in [-0.25, -0.2) is 0 Å². The van der Waals surface area contributed by atoms with E-state index in [4.69, 9.17) is 27.9 Å². The topological polar surface area (TPSA) is 9.23 Å². The fourth-order valence-corrected chi connectivity index (χ4v) is 3.44. The van der Waals surface area contributed by atoms with Crippen LogP contribution in [0, 0.1) is 0 Å². The molecule has 0 saturated heterocycles. The molecule has 19 heavy (non-hydrogen) atoms. The Balaban J connectivity index is 1.99. The number of hydrogen-bond acceptors (Lipinski definition) is 1. The number of ether oxygens (including phenoxy) is 1. The van der Waals surface area contributed by atoms with Crippen LogP contribution < -0.4 is 0 Å². The van der Waals surface area contributed by atoms with Gasteiger partial charge in [0.2, 0.25) is 0 Å². The smallest absolute Gasteiger partial charge is 0.0725 e. The number of halogens is 3. The highest BCUT2D eigenvalue weighted by Gasteiger charge is 2.18. The van der Waals surface area contributed by atoms with E-state index in [1.165, 1.54) is 11.1 Å². The summed E-state index contributed by atoms with van der Waals surface area (Å²) in [6, 6.07) is 11.9. The van der Waals surface area contributed by atoms with E-state index in [9.17, 15) is 0 Å². The Bertz CT molecular complexity index is 628. The molecule has 0 N–H and O–H groups in total. The minimum absolute atomic E-state index is 0.0320. The summed E-state index contributed by atoms with van der Waals surface area (Å²) in [5.74, 6) is 0. The van der Waals surface area contributed by atoms with Gasteiger partial charge in [0.1, 0.15) is 0 Å². The summed E-state index contributed by atoms with van der Waals surface area (Å²) < 4.78 is 5.44. The van der Waals surface area contributed by atoms with Crippen LogP contribution in [0.25, 0.3) is 0 Å². The number of fused-ring (bicyclic) bond motifs is 1. The van der Waals surface area contributed by atoms with Crippen LogP contribution in [-0.2, 0) is 18.0 Å². The SMILES string of the molecule is Clc1ccc(Cl)c(C(Br)c2ccc3c(c2)COC3)c1. The molecule has 1 aliphatic rings. The fraction of sp³-hybridized carbons (Fsp3) is 0.200.